The minimum atomic E-state index is -1.36. The highest BCUT2D eigenvalue weighted by Gasteiger charge is 2.17. The Labute approximate surface area is 94.8 Å². The lowest BCUT2D eigenvalue weighted by Gasteiger charge is -2.17. The van der Waals surface area contributed by atoms with Gasteiger partial charge >= 0.3 is 0 Å². The minimum Gasteiger partial charge on any atom is -0.493 e. The summed E-state index contributed by atoms with van der Waals surface area (Å²) in [5, 5.41) is 0. The average Bonchev–Trinajstić information content (AvgIpc) is 2.14. The summed E-state index contributed by atoms with van der Waals surface area (Å²) in [6.45, 7) is 2.92. The van der Waals surface area contributed by atoms with E-state index in [1.54, 1.807) is 18.2 Å². The molecule has 0 spiro atoms. The van der Waals surface area contributed by atoms with Crippen LogP contribution in [0.5, 0.6) is 11.5 Å². The van der Waals surface area contributed by atoms with Crippen LogP contribution in [0.2, 0.25) is 0 Å². The van der Waals surface area contributed by atoms with E-state index in [0.717, 1.165) is 4.90 Å². The van der Waals surface area contributed by atoms with E-state index in [2.05, 4.69) is 12.6 Å². The van der Waals surface area contributed by atoms with Crippen molar-refractivity contribution in [1.82, 2.24) is 0 Å². The van der Waals surface area contributed by atoms with Crippen molar-refractivity contribution in [3.8, 4) is 11.5 Å². The second-order valence-electron chi connectivity index (χ2n) is 3.84. The van der Waals surface area contributed by atoms with E-state index in [-0.39, 0.29) is 6.61 Å². The normalized spacial score (nSPS) is 11.3. The zero-order valence-corrected chi connectivity index (χ0v) is 9.98. The number of alkyl halides is 1. The molecule has 0 fully saturated rings. The largest absolute Gasteiger partial charge is 0.493 e. The first-order valence-electron chi connectivity index (χ1n) is 4.61. The number of thiol groups is 1. The van der Waals surface area contributed by atoms with Crippen LogP contribution in [0.25, 0.3) is 0 Å². The van der Waals surface area contributed by atoms with Crippen LogP contribution in [0.1, 0.15) is 13.8 Å². The highest BCUT2D eigenvalue weighted by atomic mass is 32.1. The first kappa shape index (κ1) is 12.2. The summed E-state index contributed by atoms with van der Waals surface area (Å²) in [5.74, 6) is 1.09. The molecule has 0 radical (unpaired) electrons. The molecule has 84 valence electrons. The predicted molar refractivity (Wildman–Crippen MR) is 60.9 cm³/mol. The first-order valence-corrected chi connectivity index (χ1v) is 5.06. The van der Waals surface area contributed by atoms with Crippen LogP contribution in [0.4, 0.5) is 4.39 Å². The van der Waals surface area contributed by atoms with Gasteiger partial charge in [-0.05, 0) is 32.0 Å². The third kappa shape index (κ3) is 4.00. The molecule has 0 atom stereocenters. The molecular weight excluding hydrogens is 215 g/mol. The van der Waals surface area contributed by atoms with E-state index in [4.69, 9.17) is 9.47 Å². The Bertz CT molecular complexity index is 334. The average molecular weight is 230 g/mol. The molecule has 0 unspecified atom stereocenters. The van der Waals surface area contributed by atoms with Crippen molar-refractivity contribution in [2.75, 3.05) is 13.7 Å². The van der Waals surface area contributed by atoms with E-state index in [9.17, 15) is 4.39 Å². The van der Waals surface area contributed by atoms with Crippen molar-refractivity contribution in [3.05, 3.63) is 18.2 Å². The molecule has 0 amide bonds. The molecule has 1 aromatic carbocycles. The van der Waals surface area contributed by atoms with Crippen molar-refractivity contribution in [3.63, 3.8) is 0 Å². The van der Waals surface area contributed by atoms with E-state index in [1.807, 2.05) is 0 Å². The van der Waals surface area contributed by atoms with Gasteiger partial charge in [-0.25, -0.2) is 4.39 Å². The molecule has 4 heteroatoms. The molecule has 0 aliphatic carbocycles. The zero-order valence-electron chi connectivity index (χ0n) is 9.08. The van der Waals surface area contributed by atoms with Crippen LogP contribution < -0.4 is 9.47 Å². The van der Waals surface area contributed by atoms with Crippen molar-refractivity contribution in [1.29, 1.82) is 0 Å². The third-order valence-electron chi connectivity index (χ3n) is 1.72. The molecule has 0 aromatic heterocycles. The molecule has 1 aromatic rings. The van der Waals surface area contributed by atoms with Gasteiger partial charge in [0.15, 0.2) is 11.5 Å². The number of hydrogen-bond acceptors (Lipinski definition) is 3. The smallest absolute Gasteiger partial charge is 0.161 e. The number of ether oxygens (including phenoxy) is 2. The van der Waals surface area contributed by atoms with Crippen molar-refractivity contribution >= 4 is 12.6 Å². The number of rotatable bonds is 4. The van der Waals surface area contributed by atoms with Gasteiger partial charge in [0, 0.05) is 4.90 Å². The van der Waals surface area contributed by atoms with Crippen LogP contribution in [0, 0.1) is 0 Å². The van der Waals surface area contributed by atoms with Crippen LogP contribution in [-0.2, 0) is 0 Å². The fourth-order valence-corrected chi connectivity index (χ4v) is 1.22. The van der Waals surface area contributed by atoms with Gasteiger partial charge in [-0.1, -0.05) is 0 Å². The molecule has 1 rings (SSSR count). The number of hydrogen-bond donors (Lipinski definition) is 1. The van der Waals surface area contributed by atoms with Crippen molar-refractivity contribution < 1.29 is 13.9 Å². The summed E-state index contributed by atoms with van der Waals surface area (Å²) in [4.78, 5) is 0.777. The summed E-state index contributed by atoms with van der Waals surface area (Å²) >= 11 is 4.17. The molecule has 0 bridgehead atoms. The van der Waals surface area contributed by atoms with Gasteiger partial charge in [0.25, 0.3) is 0 Å². The molecule has 0 saturated heterocycles. The Hall–Kier alpha value is -0.900. The topological polar surface area (TPSA) is 18.5 Å². The summed E-state index contributed by atoms with van der Waals surface area (Å²) < 4.78 is 23.6. The van der Waals surface area contributed by atoms with Crippen LogP contribution >= 0.6 is 12.6 Å². The molecule has 0 saturated carbocycles. The maximum absolute atomic E-state index is 13.2. The van der Waals surface area contributed by atoms with Gasteiger partial charge in [-0.15, -0.1) is 12.6 Å². The number of methoxy groups -OCH3 is 1. The Morgan fingerprint density at radius 3 is 2.53 bits per heavy atom. The standard InChI is InChI=1S/C11H15FO2S/c1-11(2,12)7-14-9-5-4-8(15)6-10(9)13-3/h4-6,15H,7H2,1-3H3. The molecule has 0 N–H and O–H groups in total. The van der Waals surface area contributed by atoms with Gasteiger partial charge in [0.05, 0.1) is 7.11 Å². The van der Waals surface area contributed by atoms with Crippen LogP contribution in [0.3, 0.4) is 0 Å². The maximum atomic E-state index is 13.2. The fraction of sp³-hybridized carbons (Fsp3) is 0.455. The monoisotopic (exact) mass is 230 g/mol. The molecule has 0 heterocycles. The second kappa shape index (κ2) is 4.75. The summed E-state index contributed by atoms with van der Waals surface area (Å²) in [7, 11) is 1.54. The van der Waals surface area contributed by atoms with Gasteiger partial charge < -0.3 is 9.47 Å². The Balaban J connectivity index is 2.76. The first-order chi connectivity index (χ1) is 6.92. The van der Waals surface area contributed by atoms with Crippen LogP contribution in [-0.4, -0.2) is 19.4 Å². The molecule has 0 aliphatic heterocycles. The van der Waals surface area contributed by atoms with E-state index < -0.39 is 5.67 Å². The Kier molecular flexibility index (Phi) is 3.85. The van der Waals surface area contributed by atoms with Gasteiger partial charge in [0.2, 0.25) is 0 Å². The third-order valence-corrected chi connectivity index (χ3v) is 2.00. The Morgan fingerprint density at radius 2 is 2.00 bits per heavy atom. The molecule has 15 heavy (non-hydrogen) atoms. The molecule has 2 nitrogen and oxygen atoms in total. The predicted octanol–water partition coefficient (Wildman–Crippen LogP) is 3.11. The van der Waals surface area contributed by atoms with Crippen molar-refractivity contribution in [2.24, 2.45) is 0 Å². The summed E-state index contributed by atoms with van der Waals surface area (Å²) in [6.07, 6.45) is 0. The van der Waals surface area contributed by atoms with E-state index >= 15 is 0 Å². The van der Waals surface area contributed by atoms with E-state index in [1.165, 1.54) is 21.0 Å². The number of benzene rings is 1. The summed E-state index contributed by atoms with van der Waals surface area (Å²) in [6, 6.07) is 5.21. The molecular formula is C11H15FO2S. The molecule has 0 aliphatic rings. The van der Waals surface area contributed by atoms with Crippen molar-refractivity contribution in [2.45, 2.75) is 24.4 Å². The van der Waals surface area contributed by atoms with Gasteiger partial charge in [-0.3, -0.25) is 0 Å². The Morgan fingerprint density at radius 1 is 1.33 bits per heavy atom. The van der Waals surface area contributed by atoms with Crippen LogP contribution in [0.15, 0.2) is 23.1 Å². The lowest BCUT2D eigenvalue weighted by molar-refractivity contribution is 0.118. The quantitative estimate of drug-likeness (QED) is 0.801. The lowest BCUT2D eigenvalue weighted by Crippen LogP contribution is -2.22. The zero-order chi connectivity index (χ0) is 11.5. The fourth-order valence-electron chi connectivity index (χ4n) is 1.02. The number of halogens is 1. The SMILES string of the molecule is COc1cc(S)ccc1OCC(C)(C)F. The van der Waals surface area contributed by atoms with Gasteiger partial charge in [0.1, 0.15) is 12.3 Å². The summed E-state index contributed by atoms with van der Waals surface area (Å²) in [5.41, 5.74) is -1.36. The maximum Gasteiger partial charge on any atom is 0.161 e. The van der Waals surface area contributed by atoms with E-state index in [0.29, 0.717) is 11.5 Å². The lowest BCUT2D eigenvalue weighted by atomic mass is 10.2. The van der Waals surface area contributed by atoms with Gasteiger partial charge in [-0.2, -0.15) is 0 Å². The minimum absolute atomic E-state index is 0.00468. The highest BCUT2D eigenvalue weighted by Crippen LogP contribution is 2.30. The second-order valence-corrected chi connectivity index (χ2v) is 4.36. The highest BCUT2D eigenvalue weighted by molar-refractivity contribution is 7.80.